The highest BCUT2D eigenvalue weighted by Gasteiger charge is 2.20. The zero-order valence-corrected chi connectivity index (χ0v) is 8.04. The van der Waals surface area contributed by atoms with Crippen LogP contribution in [0.4, 0.5) is 8.78 Å². The molecule has 0 aromatic heterocycles. The Morgan fingerprint density at radius 2 is 1.92 bits per heavy atom. The molecule has 4 heteroatoms. The summed E-state index contributed by atoms with van der Waals surface area (Å²) in [6, 6.07) is -0.339. The second-order valence-corrected chi connectivity index (χ2v) is 4.40. The quantitative estimate of drug-likeness (QED) is 0.740. The standard InChI is InChI=1S/C8H15F2NS/c1-6(8(9)10)11-7-2-4-12-5-3-7/h6-8,11H,2-5H2,1H3. The van der Waals surface area contributed by atoms with Gasteiger partial charge in [0.2, 0.25) is 0 Å². The van der Waals surface area contributed by atoms with E-state index in [0.29, 0.717) is 6.04 Å². The first kappa shape index (κ1) is 10.3. The van der Waals surface area contributed by atoms with Crippen LogP contribution in [0.15, 0.2) is 0 Å². The van der Waals surface area contributed by atoms with Gasteiger partial charge in [0, 0.05) is 6.04 Å². The second kappa shape index (κ2) is 5.02. The van der Waals surface area contributed by atoms with Gasteiger partial charge in [-0.1, -0.05) is 0 Å². The third-order valence-corrected chi connectivity index (χ3v) is 3.15. The lowest BCUT2D eigenvalue weighted by atomic mass is 10.1. The Labute approximate surface area is 76.3 Å². The lowest BCUT2D eigenvalue weighted by Crippen LogP contribution is -2.42. The van der Waals surface area contributed by atoms with Crippen molar-refractivity contribution in [3.05, 3.63) is 0 Å². The Morgan fingerprint density at radius 1 is 1.33 bits per heavy atom. The summed E-state index contributed by atoms with van der Waals surface area (Å²) in [6.07, 6.45) is -0.178. The van der Waals surface area contributed by atoms with E-state index in [1.165, 1.54) is 0 Å². The average Bonchev–Trinajstić information content (AvgIpc) is 2.06. The molecule has 0 amide bonds. The van der Waals surface area contributed by atoms with Gasteiger partial charge in [-0.15, -0.1) is 0 Å². The van der Waals surface area contributed by atoms with Crippen molar-refractivity contribution < 1.29 is 8.78 Å². The normalized spacial score (nSPS) is 23.0. The number of nitrogens with one attached hydrogen (secondary N) is 1. The predicted molar refractivity (Wildman–Crippen MR) is 48.9 cm³/mol. The molecule has 1 aliphatic heterocycles. The molecule has 72 valence electrons. The molecule has 0 aromatic rings. The summed E-state index contributed by atoms with van der Waals surface area (Å²) in [7, 11) is 0. The molecule has 12 heavy (non-hydrogen) atoms. The molecular formula is C8H15F2NS. The highest BCUT2D eigenvalue weighted by Crippen LogP contribution is 2.17. The minimum absolute atomic E-state index is 0.315. The summed E-state index contributed by atoms with van der Waals surface area (Å²) in [5.41, 5.74) is 0. The molecule has 0 aliphatic carbocycles. The smallest absolute Gasteiger partial charge is 0.253 e. The highest BCUT2D eigenvalue weighted by atomic mass is 32.2. The Morgan fingerprint density at radius 3 is 2.42 bits per heavy atom. The Kier molecular flexibility index (Phi) is 4.29. The van der Waals surface area contributed by atoms with E-state index in [0.717, 1.165) is 24.3 Å². The Bertz CT molecular complexity index is 126. The van der Waals surface area contributed by atoms with Crippen molar-refractivity contribution in [2.45, 2.75) is 38.3 Å². The summed E-state index contributed by atoms with van der Waals surface area (Å²) < 4.78 is 24.2. The van der Waals surface area contributed by atoms with Crippen molar-refractivity contribution in [3.8, 4) is 0 Å². The SMILES string of the molecule is CC(NC1CCSCC1)C(F)F. The first-order valence-corrected chi connectivity index (χ1v) is 5.47. The van der Waals surface area contributed by atoms with E-state index in [1.54, 1.807) is 6.92 Å². The molecule has 0 radical (unpaired) electrons. The van der Waals surface area contributed by atoms with Crippen LogP contribution in [0.2, 0.25) is 0 Å². The molecule has 0 bridgehead atoms. The maximum Gasteiger partial charge on any atom is 0.253 e. The van der Waals surface area contributed by atoms with Crippen LogP contribution in [0.3, 0.4) is 0 Å². The largest absolute Gasteiger partial charge is 0.306 e. The van der Waals surface area contributed by atoms with E-state index in [-0.39, 0.29) is 0 Å². The topological polar surface area (TPSA) is 12.0 Å². The van der Waals surface area contributed by atoms with Gasteiger partial charge in [0.1, 0.15) is 0 Å². The predicted octanol–water partition coefficient (Wildman–Crippen LogP) is 2.13. The van der Waals surface area contributed by atoms with Crippen LogP contribution in [0.5, 0.6) is 0 Å². The van der Waals surface area contributed by atoms with Crippen LogP contribution >= 0.6 is 11.8 Å². The summed E-state index contributed by atoms with van der Waals surface area (Å²) >= 11 is 1.91. The zero-order valence-electron chi connectivity index (χ0n) is 7.22. The first-order chi connectivity index (χ1) is 5.70. The lowest BCUT2D eigenvalue weighted by molar-refractivity contribution is 0.0991. The van der Waals surface area contributed by atoms with Crippen LogP contribution in [0.25, 0.3) is 0 Å². The van der Waals surface area contributed by atoms with Crippen LogP contribution in [-0.4, -0.2) is 30.0 Å². The van der Waals surface area contributed by atoms with Crippen molar-refractivity contribution in [1.29, 1.82) is 0 Å². The summed E-state index contributed by atoms with van der Waals surface area (Å²) in [4.78, 5) is 0. The molecule has 1 rings (SSSR count). The minimum Gasteiger partial charge on any atom is -0.306 e. The molecule has 1 heterocycles. The van der Waals surface area contributed by atoms with Gasteiger partial charge in [-0.2, -0.15) is 11.8 Å². The first-order valence-electron chi connectivity index (χ1n) is 4.32. The number of hydrogen-bond acceptors (Lipinski definition) is 2. The number of thioether (sulfide) groups is 1. The summed E-state index contributed by atoms with van der Waals surface area (Å²) in [5.74, 6) is 2.21. The average molecular weight is 195 g/mol. The Hall–Kier alpha value is 0.170. The maximum atomic E-state index is 12.1. The van der Waals surface area contributed by atoms with E-state index in [1.807, 2.05) is 11.8 Å². The second-order valence-electron chi connectivity index (χ2n) is 3.18. The van der Waals surface area contributed by atoms with Gasteiger partial charge in [0.25, 0.3) is 6.43 Å². The van der Waals surface area contributed by atoms with E-state index >= 15 is 0 Å². The molecule has 0 spiro atoms. The molecule has 0 saturated carbocycles. The van der Waals surface area contributed by atoms with Crippen molar-refractivity contribution in [1.82, 2.24) is 5.32 Å². The van der Waals surface area contributed by atoms with Gasteiger partial charge in [-0.25, -0.2) is 8.78 Å². The molecule has 1 atom stereocenters. The monoisotopic (exact) mass is 195 g/mol. The molecule has 1 nitrogen and oxygen atoms in total. The van der Waals surface area contributed by atoms with Crippen LogP contribution in [0, 0.1) is 0 Å². The molecule has 1 N–H and O–H groups in total. The van der Waals surface area contributed by atoms with E-state index < -0.39 is 12.5 Å². The molecule has 1 fully saturated rings. The van der Waals surface area contributed by atoms with Gasteiger partial charge >= 0.3 is 0 Å². The third kappa shape index (κ3) is 3.27. The summed E-state index contributed by atoms with van der Waals surface area (Å²) in [5, 5.41) is 2.95. The summed E-state index contributed by atoms with van der Waals surface area (Å²) in [6.45, 7) is 1.55. The van der Waals surface area contributed by atoms with E-state index in [2.05, 4.69) is 5.32 Å². The fourth-order valence-electron chi connectivity index (χ4n) is 1.31. The van der Waals surface area contributed by atoms with E-state index in [4.69, 9.17) is 0 Å². The van der Waals surface area contributed by atoms with E-state index in [9.17, 15) is 8.78 Å². The van der Waals surface area contributed by atoms with Crippen molar-refractivity contribution in [2.24, 2.45) is 0 Å². The van der Waals surface area contributed by atoms with Gasteiger partial charge in [0.05, 0.1) is 6.04 Å². The Balaban J connectivity index is 2.20. The van der Waals surface area contributed by atoms with Crippen molar-refractivity contribution in [3.63, 3.8) is 0 Å². The fraction of sp³-hybridized carbons (Fsp3) is 1.00. The van der Waals surface area contributed by atoms with Crippen molar-refractivity contribution in [2.75, 3.05) is 11.5 Å². The fourth-order valence-corrected chi connectivity index (χ4v) is 2.42. The van der Waals surface area contributed by atoms with Crippen LogP contribution in [0.1, 0.15) is 19.8 Å². The highest BCUT2D eigenvalue weighted by molar-refractivity contribution is 7.99. The zero-order chi connectivity index (χ0) is 8.97. The molecular weight excluding hydrogens is 180 g/mol. The minimum atomic E-state index is -2.24. The number of rotatable bonds is 3. The number of halogens is 2. The third-order valence-electron chi connectivity index (χ3n) is 2.10. The van der Waals surface area contributed by atoms with Crippen LogP contribution < -0.4 is 5.32 Å². The van der Waals surface area contributed by atoms with Gasteiger partial charge in [0.15, 0.2) is 0 Å². The number of alkyl halides is 2. The molecule has 0 aromatic carbocycles. The number of hydrogen-bond donors (Lipinski definition) is 1. The lowest BCUT2D eigenvalue weighted by Gasteiger charge is -2.25. The van der Waals surface area contributed by atoms with Crippen LogP contribution in [-0.2, 0) is 0 Å². The molecule has 1 aliphatic rings. The van der Waals surface area contributed by atoms with Gasteiger partial charge < -0.3 is 5.32 Å². The van der Waals surface area contributed by atoms with Crippen molar-refractivity contribution >= 4 is 11.8 Å². The molecule has 1 unspecified atom stereocenters. The molecule has 1 saturated heterocycles. The maximum absolute atomic E-state index is 12.1. The van der Waals surface area contributed by atoms with Gasteiger partial charge in [-0.3, -0.25) is 0 Å². The van der Waals surface area contributed by atoms with Gasteiger partial charge in [-0.05, 0) is 31.3 Å².